The predicted molar refractivity (Wildman–Crippen MR) is 70.8 cm³/mol. The van der Waals surface area contributed by atoms with E-state index in [1.165, 1.54) is 0 Å². The Morgan fingerprint density at radius 1 is 1.00 bits per heavy atom. The smallest absolute Gasteiger partial charge is 0.0672 e. The topological polar surface area (TPSA) is 24.7 Å². The van der Waals surface area contributed by atoms with Gasteiger partial charge in [0.25, 0.3) is 0 Å². The highest BCUT2D eigenvalue weighted by molar-refractivity contribution is 8.49. The highest BCUT2D eigenvalue weighted by Crippen LogP contribution is 2.58. The second-order valence-electron chi connectivity index (χ2n) is 2.96. The van der Waals surface area contributed by atoms with Gasteiger partial charge in [0.1, 0.15) is 0 Å². The summed E-state index contributed by atoms with van der Waals surface area (Å²) in [5, 5.41) is 0. The van der Waals surface area contributed by atoms with Crippen molar-refractivity contribution in [3.63, 3.8) is 0 Å². The van der Waals surface area contributed by atoms with Gasteiger partial charge in [0.2, 0.25) is 0 Å². The Bertz CT molecular complexity index is 203. The average molecular weight is 230 g/mol. The fourth-order valence-electron chi connectivity index (χ4n) is 0.576. The van der Waals surface area contributed by atoms with Gasteiger partial charge in [0, 0.05) is 13.3 Å². The van der Waals surface area contributed by atoms with Gasteiger partial charge in [-0.05, 0) is 26.7 Å². The van der Waals surface area contributed by atoms with Gasteiger partial charge >= 0.3 is 0 Å². The molecule has 0 spiro atoms. The first-order valence-electron chi connectivity index (χ1n) is 3.04. The number of hydrogen-bond donors (Lipinski definition) is 1. The molecule has 0 atom stereocenters. The summed E-state index contributed by atoms with van der Waals surface area (Å²) in [4.78, 5) is 0. The molecule has 0 bridgehead atoms. The van der Waals surface area contributed by atoms with Gasteiger partial charge in [-0.2, -0.15) is 0 Å². The third-order valence-electron chi connectivity index (χ3n) is 0.927. The van der Waals surface area contributed by atoms with Gasteiger partial charge in [-0.3, -0.25) is 9.26 Å². The van der Waals surface area contributed by atoms with Crippen LogP contribution in [-0.2, 0) is 0 Å². The molecule has 0 aliphatic carbocycles. The Morgan fingerprint density at radius 2 is 1.33 bits per heavy atom. The van der Waals surface area contributed by atoms with Gasteiger partial charge in [-0.1, -0.05) is 14.9 Å². The minimum absolute atomic E-state index is 0. The molecule has 0 aromatic heterocycles. The third-order valence-corrected chi connectivity index (χ3v) is 6.13. The number of hydrogen-bond acceptors (Lipinski definition) is 1. The molecule has 0 aromatic rings. The number of thiol groups is 1. The molecule has 0 aliphatic heterocycles. The lowest BCUT2D eigenvalue weighted by Gasteiger charge is -2.12. The van der Waals surface area contributed by atoms with E-state index in [1.54, 1.807) is 0 Å². The van der Waals surface area contributed by atoms with Crippen molar-refractivity contribution in [2.24, 2.45) is 9.26 Å². The zero-order valence-corrected chi connectivity index (χ0v) is 9.92. The van der Waals surface area contributed by atoms with E-state index in [-0.39, 0.29) is 14.9 Å². The highest BCUT2D eigenvalue weighted by atomic mass is 32.7. The van der Waals surface area contributed by atoms with Crippen LogP contribution >= 0.6 is 25.7 Å². The lowest BCUT2D eigenvalue weighted by atomic mass is 11.6. The van der Waals surface area contributed by atoms with Crippen LogP contribution in [0.4, 0.5) is 0 Å². The molecular formula is C7H24N2P2S. The van der Waals surface area contributed by atoms with Crippen LogP contribution in [0.3, 0.4) is 0 Å². The SMILES string of the molecule is C.C.CN=P(C)(C)N=P(C)(C)S. The van der Waals surface area contributed by atoms with Crippen molar-refractivity contribution in [3.8, 4) is 0 Å². The maximum absolute atomic E-state index is 4.58. The van der Waals surface area contributed by atoms with Gasteiger partial charge in [0.15, 0.2) is 0 Å². The van der Waals surface area contributed by atoms with Crippen molar-refractivity contribution in [2.45, 2.75) is 14.9 Å². The first kappa shape index (κ1) is 18.6. The summed E-state index contributed by atoms with van der Waals surface area (Å²) in [7, 11) is 0.512. The van der Waals surface area contributed by atoms with Crippen molar-refractivity contribution in [1.82, 2.24) is 0 Å². The molecular weight excluding hydrogens is 206 g/mol. The van der Waals surface area contributed by atoms with E-state index in [2.05, 4.69) is 48.2 Å². The summed E-state index contributed by atoms with van der Waals surface area (Å²) >= 11 is 4.41. The van der Waals surface area contributed by atoms with Crippen LogP contribution in [-0.4, -0.2) is 33.7 Å². The first-order chi connectivity index (χ1) is 4.27. The van der Waals surface area contributed by atoms with Crippen LogP contribution in [0.1, 0.15) is 14.9 Å². The van der Waals surface area contributed by atoms with Gasteiger partial charge in [-0.15, -0.1) is 12.2 Å². The normalized spacial score (nSPS) is 10.8. The van der Waals surface area contributed by atoms with E-state index in [0.717, 1.165) is 0 Å². The van der Waals surface area contributed by atoms with Gasteiger partial charge < -0.3 is 0 Å². The quantitative estimate of drug-likeness (QED) is 0.504. The summed E-state index contributed by atoms with van der Waals surface area (Å²) in [5.41, 5.74) is 0. The van der Waals surface area contributed by atoms with Crippen LogP contribution in [0, 0.1) is 0 Å². The Morgan fingerprint density at radius 3 is 1.42 bits per heavy atom. The van der Waals surface area contributed by atoms with Crippen LogP contribution in [0.15, 0.2) is 9.26 Å². The van der Waals surface area contributed by atoms with E-state index in [9.17, 15) is 0 Å². The molecule has 12 heavy (non-hydrogen) atoms. The van der Waals surface area contributed by atoms with Crippen LogP contribution < -0.4 is 0 Å². The molecule has 0 radical (unpaired) electrons. The van der Waals surface area contributed by atoms with Crippen molar-refractivity contribution < 1.29 is 0 Å². The maximum Gasteiger partial charge on any atom is 0.0672 e. The maximum atomic E-state index is 4.58. The molecule has 78 valence electrons. The van der Waals surface area contributed by atoms with E-state index in [0.29, 0.717) is 0 Å². The minimum atomic E-state index is -1.32. The Balaban J connectivity index is -0.000000405. The van der Waals surface area contributed by atoms with E-state index in [4.69, 9.17) is 0 Å². The number of nitrogens with zero attached hydrogens (tertiary/aromatic N) is 2. The fraction of sp³-hybridized carbons (Fsp3) is 1.00. The molecule has 0 aliphatic rings. The van der Waals surface area contributed by atoms with Gasteiger partial charge in [0.05, 0.1) is 7.21 Å². The third kappa shape index (κ3) is 10.8. The van der Waals surface area contributed by atoms with E-state index in [1.807, 2.05) is 7.05 Å². The monoisotopic (exact) mass is 230 g/mol. The molecule has 2 nitrogen and oxygen atoms in total. The number of rotatable bonds is 1. The molecule has 0 aromatic carbocycles. The highest BCUT2D eigenvalue weighted by Gasteiger charge is 2.04. The van der Waals surface area contributed by atoms with Crippen LogP contribution in [0.25, 0.3) is 0 Å². The van der Waals surface area contributed by atoms with Gasteiger partial charge in [-0.25, -0.2) is 0 Å². The van der Waals surface area contributed by atoms with Crippen molar-refractivity contribution >= 4 is 25.7 Å². The Labute approximate surface area is 83.9 Å². The molecule has 5 heteroatoms. The fourth-order valence-corrected chi connectivity index (χ4v) is 6.94. The van der Waals surface area contributed by atoms with Crippen LogP contribution in [0.2, 0.25) is 0 Å². The molecule has 0 heterocycles. The molecule has 0 rings (SSSR count). The van der Waals surface area contributed by atoms with E-state index >= 15 is 0 Å². The Hall–Kier alpha value is 0.810. The molecule has 0 unspecified atom stereocenters. The average Bonchev–Trinajstić information content (AvgIpc) is 1.60. The largest absolute Gasteiger partial charge is 0.285 e. The lowest BCUT2D eigenvalue weighted by molar-refractivity contribution is 1.47. The van der Waals surface area contributed by atoms with Crippen molar-refractivity contribution in [2.75, 3.05) is 33.7 Å². The molecule has 0 saturated carbocycles. The molecule has 0 fully saturated rings. The Kier molecular flexibility index (Phi) is 9.73. The molecule has 0 N–H and O–H groups in total. The predicted octanol–water partition coefficient (Wildman–Crippen LogP) is 4.57. The summed E-state index contributed by atoms with van der Waals surface area (Å²) < 4.78 is 8.81. The molecule has 0 amide bonds. The zero-order valence-electron chi connectivity index (χ0n) is 7.24. The molecule has 0 saturated heterocycles. The zero-order chi connectivity index (χ0) is 8.41. The van der Waals surface area contributed by atoms with Crippen LogP contribution in [0.5, 0.6) is 0 Å². The lowest BCUT2D eigenvalue weighted by Crippen LogP contribution is -1.69. The van der Waals surface area contributed by atoms with E-state index < -0.39 is 13.5 Å². The minimum Gasteiger partial charge on any atom is -0.285 e. The summed E-state index contributed by atoms with van der Waals surface area (Å²) in [6.07, 6.45) is -1.28. The summed E-state index contributed by atoms with van der Waals surface area (Å²) in [5.74, 6) is 0. The first-order valence-corrected chi connectivity index (χ1v) is 9.41. The second kappa shape index (κ2) is 6.29. The standard InChI is InChI=1S/C5H16N2P2S.2CH4/c1-6-8(2,3)7-9(4,5)10;;/h10H,1-5H3;2*1H4. The van der Waals surface area contributed by atoms with Crippen molar-refractivity contribution in [3.05, 3.63) is 0 Å². The summed E-state index contributed by atoms with van der Waals surface area (Å²) in [6.45, 7) is 8.38. The summed E-state index contributed by atoms with van der Waals surface area (Å²) in [6, 6.07) is 0. The second-order valence-corrected chi connectivity index (χ2v) is 12.4. The van der Waals surface area contributed by atoms with Crippen molar-refractivity contribution in [1.29, 1.82) is 0 Å².